The molecule has 0 bridgehead atoms. The molecule has 2 aromatic heterocycles. The molecule has 28 heavy (non-hydrogen) atoms. The molecule has 3 heterocycles. The highest BCUT2D eigenvalue weighted by molar-refractivity contribution is 8.00. The van der Waals surface area contributed by atoms with E-state index >= 15 is 0 Å². The van der Waals surface area contributed by atoms with Crippen molar-refractivity contribution < 1.29 is 27.4 Å². The van der Waals surface area contributed by atoms with Gasteiger partial charge in [0.05, 0.1) is 10.8 Å². The van der Waals surface area contributed by atoms with Crippen molar-refractivity contribution in [3.63, 3.8) is 0 Å². The molecule has 1 amide bonds. The lowest BCUT2D eigenvalue weighted by atomic mass is 10.2. The number of nitrogens with one attached hydrogen (secondary N) is 1. The van der Waals surface area contributed by atoms with Crippen molar-refractivity contribution in [3.8, 4) is 11.5 Å². The van der Waals surface area contributed by atoms with E-state index in [1.165, 1.54) is 10.5 Å². The number of pyridine rings is 1. The Kier molecular flexibility index (Phi) is 4.53. The number of benzene rings is 1. The summed E-state index contributed by atoms with van der Waals surface area (Å²) >= 11 is 1.01. The van der Waals surface area contributed by atoms with Crippen LogP contribution in [0.1, 0.15) is 12.5 Å². The van der Waals surface area contributed by atoms with Gasteiger partial charge in [-0.3, -0.25) is 9.20 Å². The summed E-state index contributed by atoms with van der Waals surface area (Å²) < 4.78 is 50.5. The van der Waals surface area contributed by atoms with E-state index < -0.39 is 17.0 Å². The molecular formula is C17H13F3N4O3S. The molecule has 1 N–H and O–H groups in total. The van der Waals surface area contributed by atoms with E-state index in [0.29, 0.717) is 17.2 Å². The highest BCUT2D eigenvalue weighted by Crippen LogP contribution is 2.35. The lowest BCUT2D eigenvalue weighted by molar-refractivity contribution is -0.137. The van der Waals surface area contributed by atoms with Gasteiger partial charge in [0.1, 0.15) is 0 Å². The van der Waals surface area contributed by atoms with Crippen molar-refractivity contribution in [3.05, 3.63) is 42.1 Å². The predicted octanol–water partition coefficient (Wildman–Crippen LogP) is 3.60. The second kappa shape index (κ2) is 6.89. The average Bonchev–Trinajstić information content (AvgIpc) is 3.27. The normalized spacial score (nSPS) is 14.3. The van der Waals surface area contributed by atoms with E-state index in [0.717, 1.165) is 24.0 Å². The lowest BCUT2D eigenvalue weighted by Crippen LogP contribution is -2.22. The van der Waals surface area contributed by atoms with Crippen LogP contribution in [0.15, 0.2) is 41.7 Å². The number of carbonyl (C=O) groups excluding carboxylic acids is 1. The number of hydrogen-bond acceptors (Lipinski definition) is 6. The van der Waals surface area contributed by atoms with Crippen LogP contribution in [-0.4, -0.2) is 32.5 Å². The SMILES string of the molecule is C[C@@H](Sc1nnc2ccc(C(F)(F)F)cn12)C(=O)Nc1ccc2c(c1)OCO2. The first kappa shape index (κ1) is 18.4. The number of halogens is 3. The Hall–Kier alpha value is -2.95. The van der Waals surface area contributed by atoms with Crippen LogP contribution in [-0.2, 0) is 11.0 Å². The van der Waals surface area contributed by atoms with E-state index in [4.69, 9.17) is 9.47 Å². The van der Waals surface area contributed by atoms with E-state index in [2.05, 4.69) is 15.5 Å². The molecule has 0 saturated carbocycles. The number of anilines is 1. The topological polar surface area (TPSA) is 77.8 Å². The van der Waals surface area contributed by atoms with Crippen molar-refractivity contribution in [1.82, 2.24) is 14.6 Å². The Morgan fingerprint density at radius 1 is 1.21 bits per heavy atom. The molecule has 3 aromatic rings. The lowest BCUT2D eigenvalue weighted by Gasteiger charge is -2.12. The number of carbonyl (C=O) groups is 1. The Bertz CT molecular complexity index is 1050. The van der Waals surface area contributed by atoms with Crippen LogP contribution in [0.4, 0.5) is 18.9 Å². The van der Waals surface area contributed by atoms with Crippen LogP contribution in [0, 0.1) is 0 Å². The minimum Gasteiger partial charge on any atom is -0.454 e. The monoisotopic (exact) mass is 410 g/mol. The average molecular weight is 410 g/mol. The van der Waals surface area contributed by atoms with Gasteiger partial charge in [-0.05, 0) is 31.2 Å². The Labute approximate surface area is 160 Å². The molecule has 146 valence electrons. The van der Waals surface area contributed by atoms with Crippen molar-refractivity contribution >= 4 is 29.0 Å². The minimum absolute atomic E-state index is 0.124. The van der Waals surface area contributed by atoms with Gasteiger partial charge in [0, 0.05) is 18.0 Å². The fourth-order valence-corrected chi connectivity index (χ4v) is 3.38. The standard InChI is InChI=1S/C17H13F3N4O3S/c1-9(15(25)21-11-3-4-12-13(6-11)27-8-26-12)28-16-23-22-14-5-2-10(7-24(14)16)17(18,19)20/h2-7,9H,8H2,1H3,(H,21,25)/t9-/m1/s1. The summed E-state index contributed by atoms with van der Waals surface area (Å²) in [5.41, 5.74) is -0.0369. The number of alkyl halides is 3. The molecule has 0 fully saturated rings. The molecule has 1 aliphatic rings. The van der Waals surface area contributed by atoms with E-state index in [1.54, 1.807) is 25.1 Å². The van der Waals surface area contributed by atoms with Crippen molar-refractivity contribution in [2.24, 2.45) is 0 Å². The molecule has 0 spiro atoms. The maximum Gasteiger partial charge on any atom is 0.417 e. The summed E-state index contributed by atoms with van der Waals surface area (Å²) in [6.07, 6.45) is -3.57. The Morgan fingerprint density at radius 2 is 2.00 bits per heavy atom. The number of thioether (sulfide) groups is 1. The Balaban J connectivity index is 1.50. The maximum absolute atomic E-state index is 12.9. The van der Waals surface area contributed by atoms with Gasteiger partial charge in [0.15, 0.2) is 22.3 Å². The molecule has 1 atom stereocenters. The fourth-order valence-electron chi connectivity index (χ4n) is 2.55. The van der Waals surface area contributed by atoms with Crippen LogP contribution < -0.4 is 14.8 Å². The van der Waals surface area contributed by atoms with Gasteiger partial charge in [-0.25, -0.2) is 0 Å². The van der Waals surface area contributed by atoms with Crippen molar-refractivity contribution in [1.29, 1.82) is 0 Å². The molecule has 0 aliphatic carbocycles. The first-order chi connectivity index (χ1) is 13.3. The van der Waals surface area contributed by atoms with Crippen LogP contribution in [0.2, 0.25) is 0 Å². The zero-order chi connectivity index (χ0) is 19.9. The van der Waals surface area contributed by atoms with Crippen molar-refractivity contribution in [2.75, 3.05) is 12.1 Å². The third kappa shape index (κ3) is 3.57. The van der Waals surface area contributed by atoms with Gasteiger partial charge >= 0.3 is 6.18 Å². The van der Waals surface area contributed by atoms with Gasteiger partial charge in [-0.15, -0.1) is 10.2 Å². The number of nitrogens with zero attached hydrogens (tertiary/aromatic N) is 3. The quantitative estimate of drug-likeness (QED) is 0.663. The van der Waals surface area contributed by atoms with Gasteiger partial charge in [0.25, 0.3) is 0 Å². The highest BCUT2D eigenvalue weighted by atomic mass is 32.2. The number of rotatable bonds is 4. The molecule has 4 rings (SSSR count). The molecule has 0 unspecified atom stereocenters. The molecule has 7 nitrogen and oxygen atoms in total. The van der Waals surface area contributed by atoms with E-state index in [-0.39, 0.29) is 23.5 Å². The summed E-state index contributed by atoms with van der Waals surface area (Å²) in [7, 11) is 0. The maximum atomic E-state index is 12.9. The van der Waals surface area contributed by atoms with E-state index in [9.17, 15) is 18.0 Å². The predicted molar refractivity (Wildman–Crippen MR) is 94.5 cm³/mol. The first-order valence-electron chi connectivity index (χ1n) is 8.10. The summed E-state index contributed by atoms with van der Waals surface area (Å²) in [5.74, 6) is 0.782. The third-order valence-electron chi connectivity index (χ3n) is 3.99. The van der Waals surface area contributed by atoms with Crippen molar-refractivity contribution in [2.45, 2.75) is 23.5 Å². The zero-order valence-corrected chi connectivity index (χ0v) is 15.2. The zero-order valence-electron chi connectivity index (χ0n) is 14.4. The van der Waals surface area contributed by atoms with Crippen LogP contribution in [0.5, 0.6) is 11.5 Å². The number of fused-ring (bicyclic) bond motifs is 2. The van der Waals surface area contributed by atoms with E-state index in [1.807, 2.05) is 0 Å². The second-order valence-electron chi connectivity index (χ2n) is 5.94. The fraction of sp³-hybridized carbons (Fsp3) is 0.235. The minimum atomic E-state index is -4.48. The molecular weight excluding hydrogens is 397 g/mol. The van der Waals surface area contributed by atoms with Gasteiger partial charge in [0.2, 0.25) is 12.7 Å². The van der Waals surface area contributed by atoms with Crippen LogP contribution >= 0.6 is 11.8 Å². The first-order valence-corrected chi connectivity index (χ1v) is 8.98. The van der Waals surface area contributed by atoms with Crippen LogP contribution in [0.25, 0.3) is 5.65 Å². The molecule has 0 saturated heterocycles. The summed E-state index contributed by atoms with van der Waals surface area (Å²) in [5, 5.41) is 10.0. The number of amides is 1. The second-order valence-corrected chi connectivity index (χ2v) is 7.25. The van der Waals surface area contributed by atoms with Gasteiger partial charge < -0.3 is 14.8 Å². The number of ether oxygens (including phenoxy) is 2. The number of hydrogen-bond donors (Lipinski definition) is 1. The largest absolute Gasteiger partial charge is 0.454 e. The number of aromatic nitrogens is 3. The molecule has 11 heteroatoms. The summed E-state index contributed by atoms with van der Waals surface area (Å²) in [6.45, 7) is 1.75. The van der Waals surface area contributed by atoms with Gasteiger partial charge in [-0.1, -0.05) is 11.8 Å². The summed E-state index contributed by atoms with van der Waals surface area (Å²) in [6, 6.07) is 7.16. The smallest absolute Gasteiger partial charge is 0.417 e. The third-order valence-corrected chi connectivity index (χ3v) is 5.05. The molecule has 1 aliphatic heterocycles. The Morgan fingerprint density at radius 3 is 2.79 bits per heavy atom. The molecule has 0 radical (unpaired) electrons. The summed E-state index contributed by atoms with van der Waals surface area (Å²) in [4.78, 5) is 12.5. The van der Waals surface area contributed by atoms with Gasteiger partial charge in [-0.2, -0.15) is 13.2 Å². The van der Waals surface area contributed by atoms with Crippen LogP contribution in [0.3, 0.4) is 0 Å². The molecule has 1 aromatic carbocycles. The highest BCUT2D eigenvalue weighted by Gasteiger charge is 2.31.